The number of carbonyl (C=O) groups is 2. The van der Waals surface area contributed by atoms with E-state index < -0.39 is 12.1 Å². The molecule has 11 heteroatoms. The van der Waals surface area contributed by atoms with Crippen LogP contribution in [-0.2, 0) is 24.3 Å². The molecule has 1 aliphatic heterocycles. The summed E-state index contributed by atoms with van der Waals surface area (Å²) in [6.07, 6.45) is -2.44. The summed E-state index contributed by atoms with van der Waals surface area (Å²) in [7, 11) is 1.92. The summed E-state index contributed by atoms with van der Waals surface area (Å²) < 4.78 is 33.9. The minimum Gasteiger partial charge on any atom is -0.475 e. The number of halogens is 3. The molecule has 8 nitrogen and oxygen atoms in total. The van der Waals surface area contributed by atoms with Crippen molar-refractivity contribution in [2.75, 3.05) is 18.9 Å². The van der Waals surface area contributed by atoms with Crippen LogP contribution in [0.1, 0.15) is 22.5 Å². The Hall–Kier alpha value is -3.86. The summed E-state index contributed by atoms with van der Waals surface area (Å²) in [5, 5.41) is 13.2. The zero-order chi connectivity index (χ0) is 25.6. The molecule has 1 aliphatic rings. The average Bonchev–Trinajstić information content (AvgIpc) is 3.24. The van der Waals surface area contributed by atoms with E-state index in [9.17, 15) is 18.0 Å². The maximum Gasteiger partial charge on any atom is 0.490 e. The number of alkyl halides is 3. The summed E-state index contributed by atoms with van der Waals surface area (Å²) in [6.45, 7) is 4.09. The van der Waals surface area contributed by atoms with Gasteiger partial charge in [0, 0.05) is 36.6 Å². The SMILES string of the molecule is CNCc1ccc(NC(=O)N2CCc3c(ncn3-c3ccc(C)cc3)C2)cc1.O=C(O)C(F)(F)F. The zero-order valence-electron chi connectivity index (χ0n) is 19.3. The fraction of sp³-hybridized carbons (Fsp3) is 0.292. The highest BCUT2D eigenvalue weighted by atomic mass is 19.4. The fourth-order valence-electron chi connectivity index (χ4n) is 3.52. The predicted octanol–water partition coefficient (Wildman–Crippen LogP) is 4.12. The number of aromatic nitrogens is 2. The number of carboxylic acid groups (broad SMARTS) is 1. The zero-order valence-corrected chi connectivity index (χ0v) is 19.3. The normalized spacial score (nSPS) is 12.9. The summed E-state index contributed by atoms with van der Waals surface area (Å²) in [4.78, 5) is 27.9. The van der Waals surface area contributed by atoms with E-state index in [2.05, 4.69) is 51.4 Å². The van der Waals surface area contributed by atoms with Crippen LogP contribution in [0.4, 0.5) is 23.7 Å². The van der Waals surface area contributed by atoms with Crippen LogP contribution < -0.4 is 10.6 Å². The molecule has 0 bridgehead atoms. The second-order valence-corrected chi connectivity index (χ2v) is 7.98. The van der Waals surface area contributed by atoms with Crippen molar-refractivity contribution in [1.82, 2.24) is 19.8 Å². The van der Waals surface area contributed by atoms with Gasteiger partial charge in [-0.2, -0.15) is 13.2 Å². The summed E-state index contributed by atoms with van der Waals surface area (Å²) in [5.74, 6) is -2.76. The molecule has 186 valence electrons. The van der Waals surface area contributed by atoms with Crippen LogP contribution in [-0.4, -0.2) is 51.3 Å². The van der Waals surface area contributed by atoms with E-state index in [1.807, 2.05) is 42.5 Å². The van der Waals surface area contributed by atoms with Gasteiger partial charge in [0.15, 0.2) is 0 Å². The number of urea groups is 1. The number of carbonyl (C=O) groups excluding carboxylic acids is 1. The number of nitrogens with zero attached hydrogens (tertiary/aromatic N) is 3. The van der Waals surface area contributed by atoms with Crippen LogP contribution in [0.3, 0.4) is 0 Å². The fourth-order valence-corrected chi connectivity index (χ4v) is 3.52. The van der Waals surface area contributed by atoms with Gasteiger partial charge < -0.3 is 25.2 Å². The van der Waals surface area contributed by atoms with Crippen molar-refractivity contribution >= 4 is 17.7 Å². The van der Waals surface area contributed by atoms with Crippen molar-refractivity contribution < 1.29 is 27.9 Å². The van der Waals surface area contributed by atoms with Gasteiger partial charge in [-0.1, -0.05) is 29.8 Å². The van der Waals surface area contributed by atoms with Crippen molar-refractivity contribution in [3.8, 4) is 5.69 Å². The molecule has 0 radical (unpaired) electrons. The molecular formula is C24H26F3N5O3. The third kappa shape index (κ3) is 6.82. The number of aryl methyl sites for hydroxylation is 1. The number of hydrogen-bond acceptors (Lipinski definition) is 4. The molecule has 0 saturated heterocycles. The third-order valence-electron chi connectivity index (χ3n) is 5.34. The number of rotatable bonds is 4. The summed E-state index contributed by atoms with van der Waals surface area (Å²) in [6, 6.07) is 16.2. The van der Waals surface area contributed by atoms with E-state index >= 15 is 0 Å². The van der Waals surface area contributed by atoms with Crippen LogP contribution in [0.5, 0.6) is 0 Å². The first-order valence-electron chi connectivity index (χ1n) is 10.8. The van der Waals surface area contributed by atoms with Gasteiger partial charge >= 0.3 is 18.2 Å². The molecule has 1 aromatic heterocycles. The number of amides is 2. The lowest BCUT2D eigenvalue weighted by Gasteiger charge is -2.27. The van der Waals surface area contributed by atoms with E-state index in [1.165, 1.54) is 16.8 Å². The Kier molecular flexibility index (Phi) is 8.13. The Morgan fingerprint density at radius 2 is 1.71 bits per heavy atom. The van der Waals surface area contributed by atoms with Crippen molar-refractivity contribution in [3.05, 3.63) is 77.4 Å². The lowest BCUT2D eigenvalue weighted by molar-refractivity contribution is -0.192. The molecule has 0 aliphatic carbocycles. The first-order valence-corrected chi connectivity index (χ1v) is 10.8. The van der Waals surface area contributed by atoms with Gasteiger partial charge in [-0.15, -0.1) is 0 Å². The monoisotopic (exact) mass is 489 g/mol. The van der Waals surface area contributed by atoms with Gasteiger partial charge in [-0.05, 0) is 43.8 Å². The van der Waals surface area contributed by atoms with E-state index in [0.717, 1.165) is 30.0 Å². The lowest BCUT2D eigenvalue weighted by atomic mass is 10.1. The lowest BCUT2D eigenvalue weighted by Crippen LogP contribution is -2.39. The summed E-state index contributed by atoms with van der Waals surface area (Å²) in [5.41, 5.74) is 6.49. The second kappa shape index (κ2) is 11.0. The Balaban J connectivity index is 0.000000429. The number of anilines is 1. The number of nitrogens with one attached hydrogen (secondary N) is 2. The van der Waals surface area contributed by atoms with E-state index in [-0.39, 0.29) is 6.03 Å². The largest absolute Gasteiger partial charge is 0.490 e. The first-order chi connectivity index (χ1) is 16.6. The minimum atomic E-state index is -5.08. The number of hydrogen-bond donors (Lipinski definition) is 3. The van der Waals surface area contributed by atoms with E-state index in [1.54, 1.807) is 0 Å². The van der Waals surface area contributed by atoms with E-state index in [4.69, 9.17) is 9.90 Å². The van der Waals surface area contributed by atoms with Gasteiger partial charge in [0.05, 0.1) is 18.6 Å². The van der Waals surface area contributed by atoms with Crippen LogP contribution in [0.25, 0.3) is 5.69 Å². The number of aliphatic carboxylic acids is 1. The van der Waals surface area contributed by atoms with Crippen LogP contribution in [0.2, 0.25) is 0 Å². The van der Waals surface area contributed by atoms with Crippen molar-refractivity contribution in [2.24, 2.45) is 0 Å². The molecule has 3 N–H and O–H groups in total. The molecule has 0 spiro atoms. The van der Waals surface area contributed by atoms with Gasteiger partial charge in [-0.3, -0.25) is 0 Å². The highest BCUT2D eigenvalue weighted by molar-refractivity contribution is 5.89. The molecular weight excluding hydrogens is 463 g/mol. The number of fused-ring (bicyclic) bond motifs is 1. The van der Waals surface area contributed by atoms with Crippen LogP contribution in [0, 0.1) is 6.92 Å². The highest BCUT2D eigenvalue weighted by Crippen LogP contribution is 2.22. The Labute approximate surface area is 200 Å². The van der Waals surface area contributed by atoms with Gasteiger partial charge in [0.2, 0.25) is 0 Å². The molecule has 0 fully saturated rings. The van der Waals surface area contributed by atoms with E-state index in [0.29, 0.717) is 13.1 Å². The van der Waals surface area contributed by atoms with Gasteiger partial charge in [0.25, 0.3) is 0 Å². The molecule has 0 saturated carbocycles. The standard InChI is InChI=1S/C22H25N5O.C2HF3O2/c1-16-3-9-19(10-4-16)27-15-24-20-14-26(12-11-21(20)27)22(28)25-18-7-5-17(6-8-18)13-23-2;3-2(4,5)1(6)7/h3-10,15,23H,11-14H2,1-2H3,(H,25,28);(H,6,7). The molecule has 2 amide bonds. The quantitative estimate of drug-likeness (QED) is 0.512. The molecule has 2 aromatic carbocycles. The predicted molar refractivity (Wildman–Crippen MR) is 124 cm³/mol. The Morgan fingerprint density at radius 3 is 2.29 bits per heavy atom. The number of carboxylic acids is 1. The number of benzene rings is 2. The van der Waals surface area contributed by atoms with Gasteiger partial charge in [0.1, 0.15) is 0 Å². The Bertz CT molecular complexity index is 1160. The van der Waals surface area contributed by atoms with Crippen LogP contribution >= 0.6 is 0 Å². The van der Waals surface area contributed by atoms with Crippen molar-refractivity contribution in [3.63, 3.8) is 0 Å². The Morgan fingerprint density at radius 1 is 1.09 bits per heavy atom. The van der Waals surface area contributed by atoms with Crippen molar-refractivity contribution in [2.45, 2.75) is 32.6 Å². The molecule has 0 atom stereocenters. The maximum atomic E-state index is 12.7. The van der Waals surface area contributed by atoms with Crippen molar-refractivity contribution in [1.29, 1.82) is 0 Å². The molecule has 3 aromatic rings. The maximum absolute atomic E-state index is 12.7. The minimum absolute atomic E-state index is 0.0862. The highest BCUT2D eigenvalue weighted by Gasteiger charge is 2.38. The first kappa shape index (κ1) is 25.8. The molecule has 4 rings (SSSR count). The third-order valence-corrected chi connectivity index (χ3v) is 5.34. The average molecular weight is 489 g/mol. The molecule has 0 unspecified atom stereocenters. The van der Waals surface area contributed by atoms with Crippen LogP contribution in [0.15, 0.2) is 54.9 Å². The van der Waals surface area contributed by atoms with Gasteiger partial charge in [-0.25, -0.2) is 14.6 Å². The molecule has 35 heavy (non-hydrogen) atoms. The topological polar surface area (TPSA) is 99.5 Å². The summed E-state index contributed by atoms with van der Waals surface area (Å²) >= 11 is 0. The number of imidazole rings is 1. The second-order valence-electron chi connectivity index (χ2n) is 7.98. The molecule has 2 heterocycles. The smallest absolute Gasteiger partial charge is 0.475 e.